The Labute approximate surface area is 136 Å². The lowest BCUT2D eigenvalue weighted by atomic mass is 10.3. The van der Waals surface area contributed by atoms with Crippen LogP contribution in [0.1, 0.15) is 0 Å². The first kappa shape index (κ1) is 16.9. The van der Waals surface area contributed by atoms with E-state index in [0.29, 0.717) is 4.47 Å². The number of benzene rings is 2. The highest BCUT2D eigenvalue weighted by Gasteiger charge is 2.17. The minimum Gasteiger partial charge on any atom is -0.277 e. The van der Waals surface area contributed by atoms with Crippen LogP contribution in [0.25, 0.3) is 0 Å². The summed E-state index contributed by atoms with van der Waals surface area (Å²) in [5, 5.41) is 0. The van der Waals surface area contributed by atoms with E-state index in [1.165, 1.54) is 24.3 Å². The van der Waals surface area contributed by atoms with Gasteiger partial charge in [-0.1, -0.05) is 15.9 Å². The van der Waals surface area contributed by atoms with Gasteiger partial charge in [0.1, 0.15) is 5.82 Å². The molecule has 0 saturated heterocycles. The molecule has 0 aliphatic carbocycles. The third kappa shape index (κ3) is 3.84. The van der Waals surface area contributed by atoms with E-state index in [0.717, 1.165) is 24.5 Å². The number of hydrogen-bond acceptors (Lipinski definition) is 4. The van der Waals surface area contributed by atoms with Crippen molar-refractivity contribution in [2.24, 2.45) is 0 Å². The maximum atomic E-state index is 13.7. The molecule has 2 aromatic rings. The second kappa shape index (κ2) is 5.98. The van der Waals surface area contributed by atoms with E-state index in [-0.39, 0.29) is 15.5 Å². The van der Waals surface area contributed by atoms with E-state index < -0.39 is 25.7 Å². The lowest BCUT2D eigenvalue weighted by molar-refractivity contribution is 0.596. The molecule has 0 atom stereocenters. The van der Waals surface area contributed by atoms with Gasteiger partial charge < -0.3 is 0 Å². The molecule has 0 aliphatic rings. The van der Waals surface area contributed by atoms with Gasteiger partial charge >= 0.3 is 0 Å². The van der Waals surface area contributed by atoms with E-state index in [2.05, 4.69) is 20.7 Å². The van der Waals surface area contributed by atoms with Crippen LogP contribution in [0.15, 0.2) is 56.7 Å². The smallest absolute Gasteiger partial charge is 0.261 e. The summed E-state index contributed by atoms with van der Waals surface area (Å²) in [6, 6.07) is 8.56. The van der Waals surface area contributed by atoms with Crippen molar-refractivity contribution in [1.82, 2.24) is 0 Å². The number of nitrogens with one attached hydrogen (secondary N) is 1. The van der Waals surface area contributed by atoms with Crippen LogP contribution < -0.4 is 4.72 Å². The van der Waals surface area contributed by atoms with Gasteiger partial charge in [0.25, 0.3) is 10.0 Å². The Kier molecular flexibility index (Phi) is 4.59. The lowest BCUT2D eigenvalue weighted by Gasteiger charge is -2.09. The first-order chi connectivity index (χ1) is 10.1. The van der Waals surface area contributed by atoms with E-state index in [1.807, 2.05) is 0 Å². The first-order valence-electron chi connectivity index (χ1n) is 5.87. The Bertz CT molecular complexity index is 910. The van der Waals surface area contributed by atoms with Crippen molar-refractivity contribution in [3.8, 4) is 0 Å². The zero-order valence-corrected chi connectivity index (χ0v) is 14.5. The molecule has 0 amide bonds. The molecule has 118 valence electrons. The molecule has 0 unspecified atom stereocenters. The quantitative estimate of drug-likeness (QED) is 0.844. The molecule has 0 aliphatic heterocycles. The van der Waals surface area contributed by atoms with Crippen LogP contribution in [0.4, 0.5) is 10.1 Å². The molecule has 0 fully saturated rings. The van der Waals surface area contributed by atoms with Crippen LogP contribution in [0, 0.1) is 5.82 Å². The van der Waals surface area contributed by atoms with Crippen LogP contribution in [-0.2, 0) is 19.9 Å². The highest BCUT2D eigenvalue weighted by atomic mass is 79.9. The molecule has 0 radical (unpaired) electrons. The fraction of sp³-hybridized carbons (Fsp3) is 0.0769. The minimum atomic E-state index is -4.01. The van der Waals surface area contributed by atoms with E-state index in [4.69, 9.17) is 0 Å². The summed E-state index contributed by atoms with van der Waals surface area (Å²) in [5.74, 6) is -0.731. The number of sulfone groups is 1. The molecular formula is C13H11BrFNO4S2. The molecule has 2 rings (SSSR count). The van der Waals surface area contributed by atoms with Crippen molar-refractivity contribution in [3.63, 3.8) is 0 Å². The monoisotopic (exact) mass is 407 g/mol. The molecule has 0 aromatic heterocycles. The largest absolute Gasteiger partial charge is 0.277 e. The van der Waals surface area contributed by atoms with Gasteiger partial charge in [0.2, 0.25) is 0 Å². The Hall–Kier alpha value is -1.45. The summed E-state index contributed by atoms with van der Waals surface area (Å²) < 4.78 is 63.3. The zero-order chi connectivity index (χ0) is 16.5. The van der Waals surface area contributed by atoms with Gasteiger partial charge in [-0.2, -0.15) is 0 Å². The van der Waals surface area contributed by atoms with Gasteiger partial charge in [0.15, 0.2) is 9.84 Å². The summed E-state index contributed by atoms with van der Waals surface area (Å²) in [4.78, 5) is -0.163. The molecule has 22 heavy (non-hydrogen) atoms. The van der Waals surface area contributed by atoms with Crippen LogP contribution in [0.2, 0.25) is 0 Å². The Balaban J connectivity index is 2.34. The summed E-state index contributed by atoms with van der Waals surface area (Å²) in [5.41, 5.74) is -0.199. The number of rotatable bonds is 4. The van der Waals surface area contributed by atoms with Crippen molar-refractivity contribution < 1.29 is 21.2 Å². The SMILES string of the molecule is CS(=O)(=O)c1ccc(S(=O)(=O)Nc2ccc(Br)cc2F)cc1. The van der Waals surface area contributed by atoms with Gasteiger partial charge in [-0.05, 0) is 42.5 Å². The molecule has 0 spiro atoms. The number of anilines is 1. The van der Waals surface area contributed by atoms with Crippen LogP contribution in [0.3, 0.4) is 0 Å². The van der Waals surface area contributed by atoms with Crippen molar-refractivity contribution in [2.45, 2.75) is 9.79 Å². The summed E-state index contributed by atoms with van der Waals surface area (Å²) in [6.07, 6.45) is 1.02. The van der Waals surface area contributed by atoms with Crippen LogP contribution in [-0.4, -0.2) is 23.1 Å². The van der Waals surface area contributed by atoms with Gasteiger partial charge in [0, 0.05) is 10.7 Å². The molecule has 5 nitrogen and oxygen atoms in total. The molecule has 0 heterocycles. The van der Waals surface area contributed by atoms with Crippen LogP contribution in [0.5, 0.6) is 0 Å². The first-order valence-corrected chi connectivity index (χ1v) is 10.0. The molecule has 0 saturated carbocycles. The van der Waals surface area contributed by atoms with E-state index in [1.54, 1.807) is 0 Å². The minimum absolute atomic E-state index is 0.00118. The maximum absolute atomic E-state index is 13.7. The Morgan fingerprint density at radius 3 is 2.00 bits per heavy atom. The Morgan fingerprint density at radius 2 is 1.50 bits per heavy atom. The molecule has 2 aromatic carbocycles. The predicted octanol–water partition coefficient (Wildman–Crippen LogP) is 2.79. The predicted molar refractivity (Wildman–Crippen MR) is 84.5 cm³/mol. The maximum Gasteiger partial charge on any atom is 0.261 e. The second-order valence-electron chi connectivity index (χ2n) is 4.47. The zero-order valence-electron chi connectivity index (χ0n) is 11.2. The average Bonchev–Trinajstić information content (AvgIpc) is 2.41. The topological polar surface area (TPSA) is 80.3 Å². The standard InChI is InChI=1S/C13H11BrFNO4S2/c1-21(17,18)10-3-5-11(6-4-10)22(19,20)16-13-7-2-9(14)8-12(13)15/h2-8,16H,1H3. The number of sulfonamides is 1. The number of hydrogen-bond donors (Lipinski definition) is 1. The fourth-order valence-electron chi connectivity index (χ4n) is 1.64. The summed E-state index contributed by atoms with van der Waals surface area (Å²) in [7, 11) is -7.43. The van der Waals surface area contributed by atoms with Crippen molar-refractivity contribution in [2.75, 3.05) is 11.0 Å². The van der Waals surface area contributed by atoms with Crippen molar-refractivity contribution in [3.05, 3.63) is 52.8 Å². The van der Waals surface area contributed by atoms with Gasteiger partial charge in [0.05, 0.1) is 15.5 Å². The van der Waals surface area contributed by atoms with Crippen LogP contribution >= 0.6 is 15.9 Å². The third-order valence-corrected chi connectivity index (χ3v) is 5.74. The average molecular weight is 408 g/mol. The highest BCUT2D eigenvalue weighted by molar-refractivity contribution is 9.10. The van der Waals surface area contributed by atoms with E-state index >= 15 is 0 Å². The van der Waals surface area contributed by atoms with Gasteiger partial charge in [-0.3, -0.25) is 4.72 Å². The van der Waals surface area contributed by atoms with Crippen molar-refractivity contribution >= 4 is 41.5 Å². The summed E-state index contributed by atoms with van der Waals surface area (Å²) in [6.45, 7) is 0. The molecule has 1 N–H and O–H groups in total. The van der Waals surface area contributed by atoms with E-state index in [9.17, 15) is 21.2 Å². The Morgan fingerprint density at radius 1 is 0.955 bits per heavy atom. The normalized spacial score (nSPS) is 12.1. The molecule has 9 heteroatoms. The molecule has 0 bridgehead atoms. The van der Waals surface area contributed by atoms with Gasteiger partial charge in [-0.15, -0.1) is 0 Å². The van der Waals surface area contributed by atoms with Crippen molar-refractivity contribution in [1.29, 1.82) is 0 Å². The second-order valence-corrected chi connectivity index (χ2v) is 9.09. The summed E-state index contributed by atoms with van der Waals surface area (Å²) >= 11 is 3.07. The fourth-order valence-corrected chi connectivity index (χ4v) is 3.67. The number of halogens is 2. The third-order valence-electron chi connectivity index (χ3n) is 2.74. The van der Waals surface area contributed by atoms with Gasteiger partial charge in [-0.25, -0.2) is 21.2 Å². The lowest BCUT2D eigenvalue weighted by Crippen LogP contribution is -2.14. The highest BCUT2D eigenvalue weighted by Crippen LogP contribution is 2.23. The molecular weight excluding hydrogens is 397 g/mol.